The van der Waals surface area contributed by atoms with Crippen molar-refractivity contribution in [3.05, 3.63) is 0 Å². The molecule has 0 spiro atoms. The van der Waals surface area contributed by atoms with E-state index in [1.165, 1.54) is 11.8 Å². The first kappa shape index (κ1) is 43.8. The number of aliphatic hydroxyl groups excluding tert-OH is 1. The summed E-state index contributed by atoms with van der Waals surface area (Å²) < 4.78 is 0. The Hall–Kier alpha value is -4.36. The van der Waals surface area contributed by atoms with Gasteiger partial charge in [-0.3, -0.25) is 38.4 Å². The lowest BCUT2D eigenvalue weighted by atomic mass is 10.0. The van der Waals surface area contributed by atoms with E-state index in [1.54, 1.807) is 0 Å². The number of hydrogen-bond acceptors (Lipinski definition) is 11. The van der Waals surface area contributed by atoms with Gasteiger partial charge < -0.3 is 57.9 Å². The molecule has 19 nitrogen and oxygen atoms in total. The number of carboxylic acid groups (broad SMARTS) is 2. The van der Waals surface area contributed by atoms with E-state index >= 15 is 0 Å². The van der Waals surface area contributed by atoms with Crippen molar-refractivity contribution in [2.45, 2.75) is 127 Å². The summed E-state index contributed by atoms with van der Waals surface area (Å²) in [5.41, 5.74) is 11.7. The predicted molar refractivity (Wildman–Crippen MR) is 185 cm³/mol. The number of nitrogens with zero attached hydrogens (tertiary/aromatic N) is 2. The van der Waals surface area contributed by atoms with Gasteiger partial charge in [0, 0.05) is 19.5 Å². The van der Waals surface area contributed by atoms with Gasteiger partial charge in [-0.25, -0.2) is 0 Å². The van der Waals surface area contributed by atoms with E-state index in [1.807, 2.05) is 13.8 Å². The molecule has 2 aliphatic heterocycles. The number of hydrogen-bond donors (Lipinski definition) is 9. The number of aliphatic carboxylic acids is 2. The number of carbonyl (C=O) groups excluding carboxylic acids is 6. The summed E-state index contributed by atoms with van der Waals surface area (Å²) in [6.07, 6.45) is 0.767. The Kier molecular flexibility index (Phi) is 17.9. The Bertz CT molecular complexity index is 1300. The highest BCUT2D eigenvalue weighted by atomic mass is 16.4. The molecule has 0 aromatic heterocycles. The van der Waals surface area contributed by atoms with E-state index in [-0.39, 0.29) is 44.7 Å². The first-order valence-corrected chi connectivity index (χ1v) is 17.8. The number of aliphatic hydroxyl groups is 1. The third kappa shape index (κ3) is 13.3. The average Bonchev–Trinajstić information content (AvgIpc) is 3.77. The lowest BCUT2D eigenvalue weighted by Crippen LogP contribution is -2.61. The van der Waals surface area contributed by atoms with Crippen molar-refractivity contribution in [3.8, 4) is 0 Å². The van der Waals surface area contributed by atoms with Gasteiger partial charge in [-0.15, -0.1) is 0 Å². The second-order valence-electron chi connectivity index (χ2n) is 13.8. The summed E-state index contributed by atoms with van der Waals surface area (Å²) in [4.78, 5) is 105. The molecule has 0 bridgehead atoms. The van der Waals surface area contributed by atoms with Crippen LogP contribution in [0.3, 0.4) is 0 Å². The van der Waals surface area contributed by atoms with Crippen LogP contribution >= 0.6 is 0 Å². The molecular weight excluding hydrogens is 684 g/mol. The van der Waals surface area contributed by atoms with Crippen molar-refractivity contribution in [1.29, 1.82) is 0 Å². The third-order valence-corrected chi connectivity index (χ3v) is 9.04. The minimum absolute atomic E-state index is 0.0676. The van der Waals surface area contributed by atoms with Gasteiger partial charge in [0.1, 0.15) is 36.8 Å². The molecule has 2 rings (SSSR count). The first-order valence-electron chi connectivity index (χ1n) is 17.8. The van der Waals surface area contributed by atoms with E-state index in [2.05, 4.69) is 21.3 Å². The molecule has 0 aliphatic carbocycles. The molecule has 19 heteroatoms. The van der Waals surface area contributed by atoms with Crippen LogP contribution in [0.5, 0.6) is 0 Å². The van der Waals surface area contributed by atoms with E-state index < -0.39 is 103 Å². The molecule has 0 unspecified atom stereocenters. The topological polar surface area (TPSA) is 304 Å². The molecule has 2 saturated heterocycles. The number of rotatable bonds is 21. The molecule has 294 valence electrons. The maximum absolute atomic E-state index is 13.8. The van der Waals surface area contributed by atoms with Crippen LogP contribution in [0.25, 0.3) is 0 Å². The lowest BCUT2D eigenvalue weighted by molar-refractivity contribution is -0.146. The number of nitrogens with one attached hydrogen (secondary N) is 4. The quantitative estimate of drug-likeness (QED) is 0.0545. The van der Waals surface area contributed by atoms with Gasteiger partial charge in [-0.2, -0.15) is 0 Å². The molecule has 0 aromatic rings. The summed E-state index contributed by atoms with van der Waals surface area (Å²) in [6.45, 7) is 5.02. The molecule has 2 heterocycles. The van der Waals surface area contributed by atoms with Gasteiger partial charge in [-0.1, -0.05) is 13.8 Å². The molecule has 6 amide bonds. The van der Waals surface area contributed by atoms with E-state index in [9.17, 15) is 43.5 Å². The number of unbranched alkanes of at least 4 members (excludes halogenated alkanes) is 1. The van der Waals surface area contributed by atoms with Gasteiger partial charge >= 0.3 is 11.9 Å². The van der Waals surface area contributed by atoms with Crippen molar-refractivity contribution in [3.63, 3.8) is 0 Å². The van der Waals surface area contributed by atoms with Gasteiger partial charge in [0.2, 0.25) is 35.4 Å². The zero-order valence-electron chi connectivity index (χ0n) is 30.2. The van der Waals surface area contributed by atoms with Gasteiger partial charge in [0.25, 0.3) is 0 Å². The minimum atomic E-state index is -1.52. The fourth-order valence-electron chi connectivity index (χ4n) is 6.36. The van der Waals surface area contributed by atoms with E-state index in [0.29, 0.717) is 38.6 Å². The molecule has 2 fully saturated rings. The second kappa shape index (κ2) is 21.2. The number of carboxylic acids is 2. The van der Waals surface area contributed by atoms with Crippen LogP contribution in [-0.2, 0) is 38.4 Å². The molecule has 11 N–H and O–H groups in total. The zero-order chi connectivity index (χ0) is 39.1. The van der Waals surface area contributed by atoms with Crippen molar-refractivity contribution in [2.24, 2.45) is 17.4 Å². The van der Waals surface area contributed by atoms with Crippen LogP contribution in [0, 0.1) is 5.92 Å². The van der Waals surface area contributed by atoms with Crippen LogP contribution in [0.1, 0.15) is 85.0 Å². The highest BCUT2D eigenvalue weighted by Crippen LogP contribution is 2.23. The number of carbonyl (C=O) groups is 8. The normalized spacial score (nSPS) is 20.0. The Balaban J connectivity index is 2.20. The van der Waals surface area contributed by atoms with Crippen molar-refractivity contribution in [1.82, 2.24) is 31.1 Å². The molecule has 0 aromatic carbocycles. The zero-order valence-corrected chi connectivity index (χ0v) is 30.2. The first-order chi connectivity index (χ1) is 24.5. The highest BCUT2D eigenvalue weighted by Gasteiger charge is 2.43. The summed E-state index contributed by atoms with van der Waals surface area (Å²) in [7, 11) is 0. The van der Waals surface area contributed by atoms with Crippen molar-refractivity contribution in [2.75, 3.05) is 26.2 Å². The number of likely N-dealkylation sites (tertiary alicyclic amines) is 2. The standard InChI is InChI=1S/C33H56N8O11/c1-18(2)16-20(35)28(47)38-22(8-4-5-13-34)32(51)40-14-6-10-24(40)31(50)39-27(19(3)42)33(52)41-15-7-9-23(41)30(49)37-21(11-12-25(43)44)29(48)36-17-26(45)46/h18-24,27,42H,4-17,34-35H2,1-3H3,(H,36,48)(H,37,49)(H,38,47)(H,39,50)(H,43,44)(H,45,46)/t19-,20+,21+,22+,23+,24+,27+/m1/s1. The lowest BCUT2D eigenvalue weighted by Gasteiger charge is -2.33. The Morgan fingerprint density at radius 1 is 0.750 bits per heavy atom. The number of amides is 6. The molecule has 0 radical (unpaired) electrons. The van der Waals surface area contributed by atoms with Crippen LogP contribution < -0.4 is 32.7 Å². The summed E-state index contributed by atoms with van der Waals surface area (Å²) >= 11 is 0. The van der Waals surface area contributed by atoms with Crippen molar-refractivity contribution < 1.29 is 53.7 Å². The third-order valence-electron chi connectivity index (χ3n) is 9.04. The summed E-state index contributed by atoms with van der Waals surface area (Å²) in [6, 6.07) is -6.88. The molecule has 2 aliphatic rings. The largest absolute Gasteiger partial charge is 0.481 e. The van der Waals surface area contributed by atoms with E-state index in [0.717, 1.165) is 4.90 Å². The average molecular weight is 741 g/mol. The molecule has 52 heavy (non-hydrogen) atoms. The Morgan fingerprint density at radius 3 is 1.85 bits per heavy atom. The van der Waals surface area contributed by atoms with Crippen LogP contribution in [0.15, 0.2) is 0 Å². The van der Waals surface area contributed by atoms with E-state index in [4.69, 9.17) is 21.7 Å². The Labute approximate surface area is 302 Å². The molecule has 7 atom stereocenters. The van der Waals surface area contributed by atoms with Crippen molar-refractivity contribution >= 4 is 47.4 Å². The maximum Gasteiger partial charge on any atom is 0.322 e. The fourth-order valence-corrected chi connectivity index (χ4v) is 6.36. The van der Waals surface area contributed by atoms with Crippen LogP contribution in [0.2, 0.25) is 0 Å². The molecular formula is C33H56N8O11. The SMILES string of the molecule is CC(C)C[C@H](N)C(=O)N[C@@H](CCCCN)C(=O)N1CCC[C@H]1C(=O)N[C@H](C(=O)N1CCC[C@H]1C(=O)N[C@@H](CCC(=O)O)C(=O)NCC(=O)O)[C@@H](C)O. The monoisotopic (exact) mass is 740 g/mol. The Morgan fingerprint density at radius 2 is 1.33 bits per heavy atom. The summed E-state index contributed by atoms with van der Waals surface area (Å²) in [5.74, 6) is -6.65. The fraction of sp³-hybridized carbons (Fsp3) is 0.758. The predicted octanol–water partition coefficient (Wildman–Crippen LogP) is -2.63. The van der Waals surface area contributed by atoms with Gasteiger partial charge in [-0.05, 0) is 77.2 Å². The smallest absolute Gasteiger partial charge is 0.322 e. The van der Waals surface area contributed by atoms with Gasteiger partial charge in [0.05, 0.1) is 12.1 Å². The maximum atomic E-state index is 13.8. The highest BCUT2D eigenvalue weighted by molar-refractivity contribution is 5.97. The minimum Gasteiger partial charge on any atom is -0.481 e. The number of nitrogens with two attached hydrogens (primary N) is 2. The van der Waals surface area contributed by atoms with Crippen LogP contribution in [0.4, 0.5) is 0 Å². The van der Waals surface area contributed by atoms with Gasteiger partial charge in [0.15, 0.2) is 0 Å². The molecule has 0 saturated carbocycles. The van der Waals surface area contributed by atoms with Crippen LogP contribution in [-0.4, -0.2) is 141 Å². The second-order valence-corrected chi connectivity index (χ2v) is 13.8. The summed E-state index contributed by atoms with van der Waals surface area (Å²) in [5, 5.41) is 38.4.